The molecule has 0 radical (unpaired) electrons. The molecule has 3 N–H and O–H groups in total. The number of aromatic nitrogens is 3. The molecule has 0 bridgehead atoms. The number of likely N-dealkylation sites (tertiary alicyclic amines) is 1. The maximum absolute atomic E-state index is 12.8. The number of hydrogen-bond donors (Lipinski definition) is 3. The van der Waals surface area contributed by atoms with Crippen molar-refractivity contribution in [2.75, 3.05) is 30.8 Å². The van der Waals surface area contributed by atoms with E-state index < -0.39 is 0 Å². The summed E-state index contributed by atoms with van der Waals surface area (Å²) in [6, 6.07) is 6.84. The molecule has 3 heterocycles. The van der Waals surface area contributed by atoms with Crippen LogP contribution in [0.4, 0.5) is 17.2 Å². The number of carbonyl (C=O) groups excluding carboxylic acids is 2. The van der Waals surface area contributed by atoms with E-state index in [1.54, 1.807) is 31.3 Å². The Morgan fingerprint density at radius 3 is 2.61 bits per heavy atom. The first-order chi connectivity index (χ1) is 15.9. The third-order valence-corrected chi connectivity index (χ3v) is 6.12. The van der Waals surface area contributed by atoms with Crippen LogP contribution in [-0.4, -0.2) is 51.7 Å². The Balaban J connectivity index is 1.50. The fourth-order valence-corrected chi connectivity index (χ4v) is 4.13. The van der Waals surface area contributed by atoms with E-state index in [1.165, 1.54) is 11.8 Å². The SMILES string of the molecule is COc1cc(C(=O)N2CCCC2)ccc1Nc1cc(NC(=O)C2CC2)nc2[nH]n(C)c(=O)c12. The lowest BCUT2D eigenvalue weighted by Crippen LogP contribution is -2.27. The molecule has 33 heavy (non-hydrogen) atoms. The molecule has 1 aliphatic heterocycles. The highest BCUT2D eigenvalue weighted by Crippen LogP contribution is 2.34. The van der Waals surface area contributed by atoms with Gasteiger partial charge in [0.2, 0.25) is 5.91 Å². The van der Waals surface area contributed by atoms with Gasteiger partial charge in [-0.3, -0.25) is 24.2 Å². The highest BCUT2D eigenvalue weighted by Gasteiger charge is 2.30. The number of amides is 2. The number of methoxy groups -OCH3 is 1. The Bertz CT molecular complexity index is 1300. The Kier molecular flexibility index (Phi) is 5.27. The molecule has 0 atom stereocenters. The van der Waals surface area contributed by atoms with Crippen LogP contribution in [0, 0.1) is 5.92 Å². The smallest absolute Gasteiger partial charge is 0.277 e. The second-order valence-electron chi connectivity index (χ2n) is 8.56. The van der Waals surface area contributed by atoms with Crippen LogP contribution in [0.2, 0.25) is 0 Å². The molecule has 172 valence electrons. The monoisotopic (exact) mass is 450 g/mol. The summed E-state index contributed by atoms with van der Waals surface area (Å²) in [7, 11) is 3.14. The lowest BCUT2D eigenvalue weighted by atomic mass is 10.1. The summed E-state index contributed by atoms with van der Waals surface area (Å²) in [5.41, 5.74) is 1.72. The number of rotatable bonds is 6. The molecule has 2 aliphatic rings. The molecule has 0 unspecified atom stereocenters. The molecule has 10 heteroatoms. The molecule has 10 nitrogen and oxygen atoms in total. The number of nitrogens with zero attached hydrogens (tertiary/aromatic N) is 3. The standard InChI is InChI=1S/C23H26N6O4/c1-28-23(32)19-16(12-18(25-20(19)27-28)26-21(30)13-5-6-13)24-15-8-7-14(11-17(15)33-2)22(31)29-9-3-4-10-29/h7-8,11-13H,3-6,9-10H2,1-2H3,(H3,24,25,26,27,30). The van der Waals surface area contributed by atoms with E-state index in [1.807, 2.05) is 4.90 Å². The zero-order chi connectivity index (χ0) is 23.1. The van der Waals surface area contributed by atoms with E-state index in [-0.39, 0.29) is 23.3 Å². The number of nitrogens with one attached hydrogen (secondary N) is 3. The van der Waals surface area contributed by atoms with Gasteiger partial charge in [0.15, 0.2) is 5.65 Å². The number of benzene rings is 1. The molecule has 0 spiro atoms. The number of pyridine rings is 1. The lowest BCUT2D eigenvalue weighted by molar-refractivity contribution is -0.117. The fraction of sp³-hybridized carbons (Fsp3) is 0.391. The van der Waals surface area contributed by atoms with E-state index in [9.17, 15) is 14.4 Å². The molecule has 5 rings (SSSR count). The quantitative estimate of drug-likeness (QED) is 0.531. The molecule has 1 aromatic carbocycles. The van der Waals surface area contributed by atoms with Crippen molar-refractivity contribution in [3.8, 4) is 5.75 Å². The van der Waals surface area contributed by atoms with Crippen LogP contribution in [0.25, 0.3) is 11.0 Å². The first-order valence-electron chi connectivity index (χ1n) is 11.1. The Labute approximate surface area is 189 Å². The second kappa shape index (κ2) is 8.27. The number of fused-ring (bicyclic) bond motifs is 1. The van der Waals surface area contributed by atoms with Gasteiger partial charge < -0.3 is 20.3 Å². The molecular weight excluding hydrogens is 424 g/mol. The van der Waals surface area contributed by atoms with Crippen LogP contribution < -0.4 is 20.9 Å². The van der Waals surface area contributed by atoms with Crippen LogP contribution in [0.15, 0.2) is 29.1 Å². The molecule has 2 amide bonds. The van der Waals surface area contributed by atoms with Gasteiger partial charge in [0.25, 0.3) is 11.5 Å². The van der Waals surface area contributed by atoms with Crippen molar-refractivity contribution < 1.29 is 14.3 Å². The molecule has 3 aromatic rings. The Morgan fingerprint density at radius 2 is 1.91 bits per heavy atom. The van der Waals surface area contributed by atoms with Crippen molar-refractivity contribution in [3.05, 3.63) is 40.2 Å². The summed E-state index contributed by atoms with van der Waals surface area (Å²) in [6.45, 7) is 1.53. The minimum absolute atomic E-state index is 0.0202. The van der Waals surface area contributed by atoms with E-state index in [0.717, 1.165) is 38.8 Å². The molecular formula is C23H26N6O4. The molecule has 1 saturated carbocycles. The Morgan fingerprint density at radius 1 is 1.15 bits per heavy atom. The number of aromatic amines is 1. The number of hydrogen-bond acceptors (Lipinski definition) is 6. The average Bonchev–Trinajstić information content (AvgIpc) is 3.44. The third kappa shape index (κ3) is 4.04. The summed E-state index contributed by atoms with van der Waals surface area (Å²) in [6.07, 6.45) is 3.79. The van der Waals surface area contributed by atoms with Gasteiger partial charge in [-0.2, -0.15) is 0 Å². The second-order valence-corrected chi connectivity index (χ2v) is 8.56. The van der Waals surface area contributed by atoms with Crippen LogP contribution >= 0.6 is 0 Å². The number of anilines is 3. The topological polar surface area (TPSA) is 121 Å². The van der Waals surface area contributed by atoms with Crippen molar-refractivity contribution >= 4 is 40.0 Å². The van der Waals surface area contributed by atoms with Gasteiger partial charge in [0.05, 0.1) is 18.5 Å². The zero-order valence-corrected chi connectivity index (χ0v) is 18.6. The van der Waals surface area contributed by atoms with Crippen molar-refractivity contribution in [3.63, 3.8) is 0 Å². The first-order valence-corrected chi connectivity index (χ1v) is 11.1. The van der Waals surface area contributed by atoms with Crippen LogP contribution in [0.5, 0.6) is 5.75 Å². The maximum Gasteiger partial charge on any atom is 0.277 e. The summed E-state index contributed by atoms with van der Waals surface area (Å²) >= 11 is 0. The van der Waals surface area contributed by atoms with E-state index in [2.05, 4.69) is 20.7 Å². The van der Waals surface area contributed by atoms with E-state index >= 15 is 0 Å². The Hall–Kier alpha value is -3.82. The minimum Gasteiger partial charge on any atom is -0.495 e. The number of aryl methyl sites for hydroxylation is 1. The van der Waals surface area contributed by atoms with Gasteiger partial charge in [-0.05, 0) is 43.9 Å². The first kappa shape index (κ1) is 21.0. The molecule has 1 saturated heterocycles. The highest BCUT2D eigenvalue weighted by molar-refractivity contribution is 5.99. The summed E-state index contributed by atoms with van der Waals surface area (Å²) in [5.74, 6) is 0.751. The van der Waals surface area contributed by atoms with Crippen molar-refractivity contribution in [2.24, 2.45) is 13.0 Å². The molecule has 2 fully saturated rings. The normalized spacial score (nSPS) is 15.6. The van der Waals surface area contributed by atoms with Crippen molar-refractivity contribution in [1.82, 2.24) is 19.7 Å². The summed E-state index contributed by atoms with van der Waals surface area (Å²) < 4.78 is 6.88. The molecule has 2 aromatic heterocycles. The van der Waals surface area contributed by atoms with Crippen LogP contribution in [0.1, 0.15) is 36.0 Å². The number of H-pyrrole nitrogens is 1. The summed E-state index contributed by atoms with van der Waals surface area (Å²) in [5, 5.41) is 9.35. The minimum atomic E-state index is -0.250. The average molecular weight is 450 g/mol. The maximum atomic E-state index is 12.8. The fourth-order valence-electron chi connectivity index (χ4n) is 4.13. The van der Waals surface area contributed by atoms with Gasteiger partial charge in [-0.15, -0.1) is 0 Å². The van der Waals surface area contributed by atoms with Crippen LogP contribution in [0.3, 0.4) is 0 Å². The number of ether oxygens (including phenoxy) is 1. The third-order valence-electron chi connectivity index (χ3n) is 6.12. The largest absolute Gasteiger partial charge is 0.495 e. The zero-order valence-electron chi connectivity index (χ0n) is 18.6. The van der Waals surface area contributed by atoms with Gasteiger partial charge in [0, 0.05) is 37.7 Å². The molecule has 1 aliphatic carbocycles. The van der Waals surface area contributed by atoms with Crippen molar-refractivity contribution in [1.29, 1.82) is 0 Å². The van der Waals surface area contributed by atoms with Crippen LogP contribution in [-0.2, 0) is 11.8 Å². The van der Waals surface area contributed by atoms with Crippen molar-refractivity contribution in [2.45, 2.75) is 25.7 Å². The van der Waals surface area contributed by atoms with E-state index in [4.69, 9.17) is 4.74 Å². The van der Waals surface area contributed by atoms with Gasteiger partial charge in [-0.25, -0.2) is 4.98 Å². The summed E-state index contributed by atoms with van der Waals surface area (Å²) in [4.78, 5) is 44.0. The van der Waals surface area contributed by atoms with Gasteiger partial charge in [-0.1, -0.05) is 0 Å². The van der Waals surface area contributed by atoms with Gasteiger partial charge in [0.1, 0.15) is 17.0 Å². The number of carbonyl (C=O) groups is 2. The van der Waals surface area contributed by atoms with E-state index in [0.29, 0.717) is 39.5 Å². The lowest BCUT2D eigenvalue weighted by Gasteiger charge is -2.17. The van der Waals surface area contributed by atoms with Gasteiger partial charge >= 0.3 is 0 Å². The predicted molar refractivity (Wildman–Crippen MR) is 124 cm³/mol. The predicted octanol–water partition coefficient (Wildman–Crippen LogP) is 2.60. The highest BCUT2D eigenvalue weighted by atomic mass is 16.5.